The smallest absolute Gasteiger partial charge is 0.248 e. The molecule has 3 rings (SSSR count). The Morgan fingerprint density at radius 2 is 1.73 bits per heavy atom. The summed E-state index contributed by atoms with van der Waals surface area (Å²) < 4.78 is 1.60. The molecular formula is C15H14N6O. The fourth-order valence-electron chi connectivity index (χ4n) is 2.10. The van der Waals surface area contributed by atoms with Crippen LogP contribution in [0.1, 0.15) is 15.9 Å². The summed E-state index contributed by atoms with van der Waals surface area (Å²) in [5.41, 5.74) is 13.9. The maximum absolute atomic E-state index is 11.1. The average Bonchev–Trinajstić information content (AvgIpc) is 3.04. The number of hydrogen-bond acceptors (Lipinski definition) is 5. The largest absolute Gasteiger partial charge is 0.366 e. The molecule has 0 atom stereocenters. The number of hydrogen-bond donors (Lipinski definition) is 2. The average molecular weight is 294 g/mol. The Labute approximate surface area is 126 Å². The molecule has 0 radical (unpaired) electrons. The van der Waals surface area contributed by atoms with Gasteiger partial charge in [-0.15, -0.1) is 5.10 Å². The topological polar surface area (TPSA) is 113 Å². The van der Waals surface area contributed by atoms with Crippen LogP contribution >= 0.6 is 0 Å². The third-order valence-corrected chi connectivity index (χ3v) is 3.31. The van der Waals surface area contributed by atoms with E-state index in [2.05, 4.69) is 15.5 Å². The summed E-state index contributed by atoms with van der Waals surface area (Å²) in [5.74, 6) is 0.135. The number of benzene rings is 2. The zero-order valence-electron chi connectivity index (χ0n) is 11.7. The molecule has 0 bridgehead atoms. The number of tetrazole rings is 1. The Morgan fingerprint density at radius 3 is 2.32 bits per heavy atom. The predicted molar refractivity (Wildman–Crippen MR) is 81.0 cm³/mol. The van der Waals surface area contributed by atoms with Gasteiger partial charge >= 0.3 is 0 Å². The number of nitrogens with zero attached hydrogens (tertiary/aromatic N) is 4. The lowest BCUT2D eigenvalue weighted by Crippen LogP contribution is -2.11. The molecule has 0 spiro atoms. The van der Waals surface area contributed by atoms with E-state index in [0.29, 0.717) is 17.9 Å². The highest BCUT2D eigenvalue weighted by Crippen LogP contribution is 2.20. The second kappa shape index (κ2) is 5.74. The van der Waals surface area contributed by atoms with Crippen LogP contribution in [-0.4, -0.2) is 26.1 Å². The fourth-order valence-corrected chi connectivity index (χ4v) is 2.10. The van der Waals surface area contributed by atoms with E-state index < -0.39 is 5.91 Å². The fraction of sp³-hybridized carbons (Fsp3) is 0.0667. The van der Waals surface area contributed by atoms with E-state index in [-0.39, 0.29) is 0 Å². The zero-order valence-corrected chi connectivity index (χ0v) is 11.7. The molecule has 0 saturated heterocycles. The Hall–Kier alpha value is -3.06. The van der Waals surface area contributed by atoms with Gasteiger partial charge in [0.25, 0.3) is 0 Å². The van der Waals surface area contributed by atoms with Crippen molar-refractivity contribution in [2.75, 3.05) is 0 Å². The van der Waals surface area contributed by atoms with Gasteiger partial charge in [-0.2, -0.15) is 4.68 Å². The molecule has 1 amide bonds. The van der Waals surface area contributed by atoms with Crippen LogP contribution in [0.4, 0.5) is 0 Å². The van der Waals surface area contributed by atoms with Crippen LogP contribution in [0.25, 0.3) is 17.1 Å². The molecule has 0 fully saturated rings. The van der Waals surface area contributed by atoms with Crippen molar-refractivity contribution >= 4 is 5.91 Å². The standard InChI is InChI=1S/C15H14N6O/c16-9-10-1-3-12(4-2-10)15-18-19-20-21(15)13-7-5-11(6-8-13)14(17)22/h1-8H,9,16H2,(H2,17,22). The van der Waals surface area contributed by atoms with Crippen molar-refractivity contribution in [3.05, 3.63) is 59.7 Å². The normalized spacial score (nSPS) is 10.6. The van der Waals surface area contributed by atoms with Gasteiger partial charge < -0.3 is 11.5 Å². The first-order valence-corrected chi connectivity index (χ1v) is 6.67. The minimum Gasteiger partial charge on any atom is -0.366 e. The van der Waals surface area contributed by atoms with Crippen LogP contribution in [0.15, 0.2) is 48.5 Å². The summed E-state index contributed by atoms with van der Waals surface area (Å²) in [6.07, 6.45) is 0. The van der Waals surface area contributed by atoms with Crippen molar-refractivity contribution < 1.29 is 4.79 Å². The van der Waals surface area contributed by atoms with Crippen LogP contribution in [0.5, 0.6) is 0 Å². The predicted octanol–water partition coefficient (Wildman–Crippen LogP) is 0.887. The first-order valence-electron chi connectivity index (χ1n) is 6.67. The Bertz CT molecular complexity index is 792. The van der Waals surface area contributed by atoms with Crippen LogP contribution in [0, 0.1) is 0 Å². The molecule has 0 aliphatic heterocycles. The van der Waals surface area contributed by atoms with Gasteiger partial charge in [0.05, 0.1) is 5.69 Å². The third-order valence-electron chi connectivity index (χ3n) is 3.31. The van der Waals surface area contributed by atoms with Gasteiger partial charge in [-0.1, -0.05) is 24.3 Å². The van der Waals surface area contributed by atoms with Crippen molar-refractivity contribution in [1.29, 1.82) is 0 Å². The van der Waals surface area contributed by atoms with Crippen LogP contribution in [0.2, 0.25) is 0 Å². The van der Waals surface area contributed by atoms with Gasteiger partial charge in [-0.25, -0.2) is 0 Å². The number of rotatable bonds is 4. The van der Waals surface area contributed by atoms with E-state index in [1.807, 2.05) is 24.3 Å². The molecule has 0 aliphatic carbocycles. The van der Waals surface area contributed by atoms with E-state index in [1.54, 1.807) is 28.9 Å². The summed E-state index contributed by atoms with van der Waals surface area (Å²) in [7, 11) is 0. The molecular weight excluding hydrogens is 280 g/mol. The lowest BCUT2D eigenvalue weighted by molar-refractivity contribution is 0.100. The molecule has 7 heteroatoms. The van der Waals surface area contributed by atoms with E-state index in [4.69, 9.17) is 11.5 Å². The highest BCUT2D eigenvalue weighted by atomic mass is 16.1. The number of aromatic nitrogens is 4. The van der Waals surface area contributed by atoms with E-state index in [9.17, 15) is 4.79 Å². The minimum atomic E-state index is -0.471. The number of primary amides is 1. The monoisotopic (exact) mass is 294 g/mol. The summed E-state index contributed by atoms with van der Waals surface area (Å²) in [6, 6.07) is 14.5. The molecule has 2 aromatic carbocycles. The van der Waals surface area contributed by atoms with E-state index in [0.717, 1.165) is 16.8 Å². The summed E-state index contributed by atoms with van der Waals surface area (Å²) in [5, 5.41) is 11.8. The van der Waals surface area contributed by atoms with Gasteiger partial charge in [0.1, 0.15) is 0 Å². The third kappa shape index (κ3) is 2.57. The number of amides is 1. The molecule has 22 heavy (non-hydrogen) atoms. The van der Waals surface area contributed by atoms with Crippen molar-refractivity contribution in [3.8, 4) is 17.1 Å². The minimum absolute atomic E-state index is 0.436. The highest BCUT2D eigenvalue weighted by Gasteiger charge is 2.11. The van der Waals surface area contributed by atoms with Crippen molar-refractivity contribution in [3.63, 3.8) is 0 Å². The highest BCUT2D eigenvalue weighted by molar-refractivity contribution is 5.92. The Balaban J connectivity index is 1.99. The van der Waals surface area contributed by atoms with E-state index >= 15 is 0 Å². The van der Waals surface area contributed by atoms with Gasteiger partial charge in [0.15, 0.2) is 5.82 Å². The maximum atomic E-state index is 11.1. The van der Waals surface area contributed by atoms with Crippen LogP contribution < -0.4 is 11.5 Å². The molecule has 3 aromatic rings. The quantitative estimate of drug-likeness (QED) is 0.742. The van der Waals surface area contributed by atoms with Crippen LogP contribution in [-0.2, 0) is 6.54 Å². The molecule has 1 heterocycles. The zero-order chi connectivity index (χ0) is 15.5. The number of carbonyl (C=O) groups excluding carboxylic acids is 1. The Kier molecular flexibility index (Phi) is 3.63. The van der Waals surface area contributed by atoms with Gasteiger partial charge in [-0.05, 0) is 40.3 Å². The first kappa shape index (κ1) is 13.9. The molecule has 7 nitrogen and oxygen atoms in total. The molecule has 4 N–H and O–H groups in total. The SMILES string of the molecule is NCc1ccc(-c2nnnn2-c2ccc(C(N)=O)cc2)cc1. The second-order valence-corrected chi connectivity index (χ2v) is 4.73. The van der Waals surface area contributed by atoms with Crippen molar-refractivity contribution in [2.24, 2.45) is 11.5 Å². The molecule has 110 valence electrons. The molecule has 1 aromatic heterocycles. The summed E-state index contributed by atoms with van der Waals surface area (Å²) in [6.45, 7) is 0.486. The van der Waals surface area contributed by atoms with Crippen LogP contribution in [0.3, 0.4) is 0 Å². The molecule has 0 aliphatic rings. The number of nitrogens with two attached hydrogens (primary N) is 2. The lowest BCUT2D eigenvalue weighted by atomic mass is 10.1. The first-order chi connectivity index (χ1) is 10.7. The molecule has 0 saturated carbocycles. The van der Waals surface area contributed by atoms with E-state index in [1.165, 1.54) is 0 Å². The molecule has 0 unspecified atom stereocenters. The maximum Gasteiger partial charge on any atom is 0.248 e. The van der Waals surface area contributed by atoms with Gasteiger partial charge in [-0.3, -0.25) is 4.79 Å². The number of carbonyl (C=O) groups is 1. The van der Waals surface area contributed by atoms with Gasteiger partial charge in [0, 0.05) is 17.7 Å². The lowest BCUT2D eigenvalue weighted by Gasteiger charge is -2.06. The Morgan fingerprint density at radius 1 is 1.05 bits per heavy atom. The second-order valence-electron chi connectivity index (χ2n) is 4.73. The van der Waals surface area contributed by atoms with Gasteiger partial charge in [0.2, 0.25) is 5.91 Å². The summed E-state index contributed by atoms with van der Waals surface area (Å²) in [4.78, 5) is 11.1. The van der Waals surface area contributed by atoms with Crippen molar-refractivity contribution in [1.82, 2.24) is 20.2 Å². The van der Waals surface area contributed by atoms with Crippen molar-refractivity contribution in [2.45, 2.75) is 6.54 Å². The summed E-state index contributed by atoms with van der Waals surface area (Å²) >= 11 is 0.